The van der Waals surface area contributed by atoms with Gasteiger partial charge in [0.05, 0.1) is 29.4 Å². The van der Waals surface area contributed by atoms with Crippen molar-refractivity contribution in [3.8, 4) is 0 Å². The Morgan fingerprint density at radius 2 is 0.273 bits per heavy atom. The van der Waals surface area contributed by atoms with E-state index in [1.165, 1.54) is 0 Å². The number of rotatable bonds is 6. The van der Waals surface area contributed by atoms with Gasteiger partial charge in [-0.05, 0) is 0 Å². The van der Waals surface area contributed by atoms with E-state index in [1.807, 2.05) is 0 Å². The standard InChI is InChI=1S/C6H6O18S6.6Na.8H2O/c7-25(8,9)1-2(26(10,11)12)4(28(16,17)18)6(30(22,23)24)5(29(19,20)21)3(1)27(13,14)15;;;;;;;;;;;;;;/h(H,7,8,9)(H,10,11,12)(H,13,14,15)(H,16,17,18)(H,19,20,21)(H,22,23,24);;;;;;;8*1H2/q;6*+1;;;;;;;;/p-6. The molecule has 0 radical (unpaired) electrons. The van der Waals surface area contributed by atoms with Crippen LogP contribution in [0.1, 0.15) is 0 Å². The van der Waals surface area contributed by atoms with Crippen LogP contribution < -0.4 is 177 Å². The summed E-state index contributed by atoms with van der Waals surface area (Å²) in [5, 5.41) is 0. The van der Waals surface area contributed by atoms with Crippen molar-refractivity contribution in [2.75, 3.05) is 0 Å². The summed E-state index contributed by atoms with van der Waals surface area (Å²) in [4.78, 5) is -20.1. The van der Waals surface area contributed by atoms with E-state index < -0.39 is 90.1 Å². The Balaban J connectivity index is -0.0000000536. The van der Waals surface area contributed by atoms with E-state index in [4.69, 9.17) is 0 Å². The largest absolute Gasteiger partial charge is 1.00 e. The van der Waals surface area contributed by atoms with E-state index >= 15 is 0 Å². The maximum atomic E-state index is 11.3. The third-order valence-corrected chi connectivity index (χ3v) is 8.96. The Morgan fingerprint density at radius 1 is 0.227 bits per heavy atom. The average Bonchev–Trinajstić information content (AvgIpc) is 2.37. The predicted octanol–water partition coefficient (Wildman–Crippen LogP) is -29.5. The van der Waals surface area contributed by atoms with Crippen LogP contribution in [-0.4, -0.2) is 122 Å². The fraction of sp³-hybridized carbons (Fsp3) is 0. The first-order valence-electron chi connectivity index (χ1n) is 5.72. The van der Waals surface area contributed by atoms with Crippen molar-refractivity contribution < 1.29 is 299 Å². The molecule has 0 aliphatic rings. The smallest absolute Gasteiger partial charge is 0.744 e. The molecule has 1 aromatic rings. The Labute approximate surface area is 382 Å². The van der Waals surface area contributed by atoms with Crippen LogP contribution in [0.15, 0.2) is 29.4 Å². The molecule has 0 bridgehead atoms. The summed E-state index contributed by atoms with van der Waals surface area (Å²) in [6, 6.07) is 0. The molecular weight excluding hydrogens is 818 g/mol. The molecule has 0 atom stereocenters. The van der Waals surface area contributed by atoms with E-state index in [9.17, 15) is 77.8 Å². The quantitative estimate of drug-likeness (QED) is 0.190. The summed E-state index contributed by atoms with van der Waals surface area (Å²) in [7, 11) is -41.8. The minimum atomic E-state index is -6.97. The summed E-state index contributed by atoms with van der Waals surface area (Å²) >= 11 is 0. The normalized spacial score (nSPS) is 9.95. The van der Waals surface area contributed by atoms with Gasteiger partial charge in [-0.3, -0.25) is 0 Å². The summed E-state index contributed by atoms with van der Waals surface area (Å²) < 4.78 is 203. The molecule has 26 nitrogen and oxygen atoms in total. The zero-order valence-electron chi connectivity index (χ0n) is 22.8. The van der Waals surface area contributed by atoms with Crippen LogP contribution in [0.2, 0.25) is 0 Å². The predicted molar refractivity (Wildman–Crippen MR) is 103 cm³/mol. The van der Waals surface area contributed by atoms with Gasteiger partial charge in [-0.2, -0.15) is 0 Å². The second-order valence-electron chi connectivity index (χ2n) is 4.70. The van der Waals surface area contributed by atoms with Gasteiger partial charge in [0.1, 0.15) is 60.7 Å². The molecule has 16 N–H and O–H groups in total. The third kappa shape index (κ3) is 23.0. The monoisotopic (exact) mass is 834 g/mol. The van der Waals surface area contributed by atoms with Crippen molar-refractivity contribution in [1.82, 2.24) is 0 Å². The molecule has 0 fully saturated rings. The average molecular weight is 835 g/mol. The molecule has 0 unspecified atom stereocenters. The van der Waals surface area contributed by atoms with Gasteiger partial charge in [-0.15, -0.1) is 0 Å². The van der Waals surface area contributed by atoms with Crippen LogP contribution in [0.25, 0.3) is 0 Å². The van der Waals surface area contributed by atoms with Crippen molar-refractivity contribution in [3.63, 3.8) is 0 Å². The van der Waals surface area contributed by atoms with Crippen LogP contribution in [-0.2, 0) is 60.7 Å². The van der Waals surface area contributed by atoms with Gasteiger partial charge in [0, 0.05) is 0 Å². The minimum Gasteiger partial charge on any atom is -0.744 e. The molecule has 0 spiro atoms. The van der Waals surface area contributed by atoms with Gasteiger partial charge in [-0.25, -0.2) is 50.5 Å². The van der Waals surface area contributed by atoms with Gasteiger partial charge in [0.25, 0.3) is 0 Å². The van der Waals surface area contributed by atoms with E-state index in [0.717, 1.165) is 0 Å². The SMILES string of the molecule is O.O.O.O.O.O.O.O.O=S(=O)([O-])c1c(S(=O)(=O)[O-])c(S(=O)(=O)[O-])c(S(=O)(=O)[O-])c(S(=O)(=O)[O-])c1S(=O)(=O)[O-].[Na+].[Na+].[Na+].[Na+].[Na+].[Na+]. The molecule has 0 aliphatic carbocycles. The van der Waals surface area contributed by atoms with Crippen molar-refractivity contribution in [2.45, 2.75) is 29.4 Å². The van der Waals surface area contributed by atoms with Crippen molar-refractivity contribution >= 4 is 60.7 Å². The van der Waals surface area contributed by atoms with Crippen LogP contribution in [0.5, 0.6) is 0 Å². The molecule has 0 aromatic heterocycles. The second-order valence-corrected chi connectivity index (χ2v) is 12.6. The zero-order chi connectivity index (χ0) is 24.5. The van der Waals surface area contributed by atoms with Gasteiger partial charge < -0.3 is 71.1 Å². The fourth-order valence-corrected chi connectivity index (χ4v) is 9.99. The summed E-state index contributed by atoms with van der Waals surface area (Å²) in [6.45, 7) is 0. The Hall–Kier alpha value is 4.36. The molecule has 0 saturated carbocycles. The summed E-state index contributed by atoms with van der Waals surface area (Å²) in [5.74, 6) is 0. The van der Waals surface area contributed by atoms with E-state index in [0.29, 0.717) is 0 Å². The van der Waals surface area contributed by atoms with Crippen molar-refractivity contribution in [3.05, 3.63) is 0 Å². The molecule has 0 aliphatic heterocycles. The Morgan fingerprint density at radius 3 is 0.295 bits per heavy atom. The zero-order valence-corrected chi connectivity index (χ0v) is 39.7. The topological polar surface area (TPSA) is 595 Å². The van der Waals surface area contributed by atoms with Crippen LogP contribution in [0.3, 0.4) is 0 Å². The van der Waals surface area contributed by atoms with Gasteiger partial charge in [0.2, 0.25) is 0 Å². The molecule has 238 valence electrons. The Bertz CT molecular complexity index is 1270. The summed E-state index contributed by atoms with van der Waals surface area (Å²) in [5.41, 5.74) is 0. The van der Waals surface area contributed by atoms with Crippen LogP contribution >= 0.6 is 0 Å². The first-order valence-corrected chi connectivity index (χ1v) is 14.2. The minimum absolute atomic E-state index is 0. The second kappa shape index (κ2) is 29.9. The molecular formula is C6H16Na6O26S6. The first-order chi connectivity index (χ1) is 12.7. The van der Waals surface area contributed by atoms with Gasteiger partial charge in [0.15, 0.2) is 0 Å². The number of hydrogen-bond acceptors (Lipinski definition) is 18. The van der Waals surface area contributed by atoms with Crippen molar-refractivity contribution in [2.24, 2.45) is 0 Å². The molecule has 1 rings (SSSR count). The molecule has 0 saturated heterocycles. The van der Waals surface area contributed by atoms with Gasteiger partial charge >= 0.3 is 177 Å². The van der Waals surface area contributed by atoms with E-state index in [2.05, 4.69) is 0 Å². The fourth-order valence-electron chi connectivity index (χ4n) is 1.98. The molecule has 44 heavy (non-hydrogen) atoms. The number of benzene rings is 1. The Kier molecular flexibility index (Phi) is 62.4. The first kappa shape index (κ1) is 91.9. The summed E-state index contributed by atoms with van der Waals surface area (Å²) in [6.07, 6.45) is 0. The molecule has 0 amide bonds. The van der Waals surface area contributed by atoms with Gasteiger partial charge in [-0.1, -0.05) is 0 Å². The van der Waals surface area contributed by atoms with E-state index in [-0.39, 0.29) is 221 Å². The maximum absolute atomic E-state index is 11.3. The number of hydrogen-bond donors (Lipinski definition) is 0. The molecule has 38 heteroatoms. The maximum Gasteiger partial charge on any atom is 1.00 e. The molecule has 1 aromatic carbocycles. The van der Waals surface area contributed by atoms with Crippen LogP contribution in [0, 0.1) is 0 Å². The van der Waals surface area contributed by atoms with Crippen molar-refractivity contribution in [1.29, 1.82) is 0 Å². The molecule has 0 heterocycles. The van der Waals surface area contributed by atoms with Crippen LogP contribution in [0.4, 0.5) is 0 Å². The third-order valence-electron chi connectivity index (χ3n) is 2.74. The van der Waals surface area contributed by atoms with E-state index in [1.54, 1.807) is 0 Å².